The molecule has 0 bridgehead atoms. The molecule has 0 radical (unpaired) electrons. The van der Waals surface area contributed by atoms with E-state index in [1.165, 1.54) is 0 Å². The molecule has 11 heavy (non-hydrogen) atoms. The second-order valence-corrected chi connectivity index (χ2v) is 3.93. The van der Waals surface area contributed by atoms with E-state index < -0.39 is 0 Å². The van der Waals surface area contributed by atoms with Crippen molar-refractivity contribution in [3.63, 3.8) is 0 Å². The Kier molecular flexibility index (Phi) is 1.75. The molecule has 0 spiro atoms. The molecule has 0 saturated heterocycles. The van der Waals surface area contributed by atoms with Gasteiger partial charge in [0, 0.05) is 0 Å². The molecule has 2 heterocycles. The fourth-order valence-electron chi connectivity index (χ4n) is 0.758. The van der Waals surface area contributed by atoms with Crippen LogP contribution in [0.4, 0.5) is 0 Å². The van der Waals surface area contributed by atoms with E-state index in [4.69, 9.17) is 0 Å². The molecule has 0 aliphatic rings. The summed E-state index contributed by atoms with van der Waals surface area (Å²) in [5, 5.41) is 0. The molecule has 0 aliphatic carbocycles. The quantitative estimate of drug-likeness (QED) is 0.632. The van der Waals surface area contributed by atoms with Crippen LogP contribution in [-0.2, 0) is 0 Å². The van der Waals surface area contributed by atoms with Gasteiger partial charge in [0.15, 0.2) is 4.34 Å². The predicted octanol–water partition coefficient (Wildman–Crippen LogP) is 1.81. The Morgan fingerprint density at radius 2 is 2.45 bits per heavy atom. The van der Waals surface area contributed by atoms with Crippen molar-refractivity contribution in [1.29, 1.82) is 0 Å². The molecule has 0 aliphatic heterocycles. The number of hydrogen-bond donors (Lipinski definition) is 0. The lowest BCUT2D eigenvalue weighted by Crippen LogP contribution is -1.74. The Hall–Kier alpha value is -0.680. The summed E-state index contributed by atoms with van der Waals surface area (Å²) in [7, 11) is 0. The molecule has 0 atom stereocenters. The monoisotopic (exact) mass is 183 g/mol. The Labute approximate surface area is 71.9 Å². The minimum atomic E-state index is 0.891. The Bertz CT molecular complexity index is 338. The van der Waals surface area contributed by atoms with Gasteiger partial charge in [-0.1, -0.05) is 23.1 Å². The zero-order chi connectivity index (χ0) is 7.68. The van der Waals surface area contributed by atoms with Crippen molar-refractivity contribution in [2.75, 3.05) is 6.26 Å². The third-order valence-corrected chi connectivity index (χ3v) is 3.19. The summed E-state index contributed by atoms with van der Waals surface area (Å²) in [6.07, 6.45) is 5.29. The summed E-state index contributed by atoms with van der Waals surface area (Å²) in [5.41, 5.74) is 0.891. The first-order valence-electron chi connectivity index (χ1n) is 3.00. The van der Waals surface area contributed by atoms with Gasteiger partial charge >= 0.3 is 0 Å². The van der Waals surface area contributed by atoms with Crippen LogP contribution >= 0.6 is 23.1 Å². The van der Waals surface area contributed by atoms with Crippen LogP contribution in [0, 0.1) is 0 Å². The van der Waals surface area contributed by atoms with Crippen LogP contribution in [0.1, 0.15) is 0 Å². The lowest BCUT2D eigenvalue weighted by molar-refractivity contribution is 1.20. The second-order valence-electron chi connectivity index (χ2n) is 1.90. The van der Waals surface area contributed by atoms with Crippen LogP contribution in [-0.4, -0.2) is 21.2 Å². The molecule has 3 nitrogen and oxygen atoms in total. The number of thioether (sulfide) groups is 1. The van der Waals surface area contributed by atoms with Gasteiger partial charge in [0.1, 0.15) is 16.7 Å². The summed E-state index contributed by atoms with van der Waals surface area (Å²) in [4.78, 5) is 13.2. The number of aromatic nitrogens is 3. The van der Waals surface area contributed by atoms with Crippen molar-refractivity contribution in [2.45, 2.75) is 4.34 Å². The van der Waals surface area contributed by atoms with Crippen molar-refractivity contribution < 1.29 is 0 Å². The molecule has 0 aromatic carbocycles. The maximum atomic E-state index is 4.29. The molecule has 2 aromatic rings. The third kappa shape index (κ3) is 1.21. The highest BCUT2D eigenvalue weighted by Crippen LogP contribution is 2.25. The molecule has 0 saturated carbocycles. The first kappa shape index (κ1) is 7.00. The van der Waals surface area contributed by atoms with E-state index in [2.05, 4.69) is 15.0 Å². The van der Waals surface area contributed by atoms with E-state index >= 15 is 0 Å². The maximum absolute atomic E-state index is 4.29. The minimum Gasteiger partial charge on any atom is -0.242 e. The fourth-order valence-corrected chi connectivity index (χ4v) is 2.13. The van der Waals surface area contributed by atoms with E-state index in [0.29, 0.717) is 0 Å². The van der Waals surface area contributed by atoms with Crippen LogP contribution in [0.25, 0.3) is 10.3 Å². The van der Waals surface area contributed by atoms with Gasteiger partial charge in [-0.2, -0.15) is 0 Å². The van der Waals surface area contributed by atoms with Crippen molar-refractivity contribution in [2.24, 2.45) is 0 Å². The highest BCUT2D eigenvalue weighted by atomic mass is 32.2. The van der Waals surface area contributed by atoms with Crippen LogP contribution < -0.4 is 0 Å². The fraction of sp³-hybridized carbons (Fsp3) is 0.167. The van der Waals surface area contributed by atoms with E-state index in [0.717, 1.165) is 14.7 Å². The standard InChI is InChI=1S/C6H5N3S2/c1-10-6-9-4-2-7-3-8-5(4)11-6/h2-3H,1H3. The number of thiazole rings is 1. The minimum absolute atomic E-state index is 0.891. The maximum Gasteiger partial charge on any atom is 0.152 e. The van der Waals surface area contributed by atoms with Crippen LogP contribution in [0.2, 0.25) is 0 Å². The van der Waals surface area contributed by atoms with Gasteiger partial charge in [-0.3, -0.25) is 0 Å². The SMILES string of the molecule is CSc1nc2cncnc2s1. The smallest absolute Gasteiger partial charge is 0.152 e. The highest BCUT2D eigenvalue weighted by molar-refractivity contribution is 8.00. The van der Waals surface area contributed by atoms with Crippen molar-refractivity contribution in [3.8, 4) is 0 Å². The number of hydrogen-bond acceptors (Lipinski definition) is 5. The molecule has 2 rings (SSSR count). The van der Waals surface area contributed by atoms with Crippen molar-refractivity contribution in [1.82, 2.24) is 15.0 Å². The van der Waals surface area contributed by atoms with Gasteiger partial charge in [0.05, 0.1) is 6.20 Å². The molecule has 56 valence electrons. The van der Waals surface area contributed by atoms with Gasteiger partial charge in [0.25, 0.3) is 0 Å². The largest absolute Gasteiger partial charge is 0.242 e. The summed E-state index contributed by atoms with van der Waals surface area (Å²) < 4.78 is 1.04. The predicted molar refractivity (Wildman–Crippen MR) is 47.0 cm³/mol. The second kappa shape index (κ2) is 2.75. The Balaban J connectivity index is 2.69. The lowest BCUT2D eigenvalue weighted by Gasteiger charge is -1.79. The van der Waals surface area contributed by atoms with Crippen LogP contribution in [0.5, 0.6) is 0 Å². The topological polar surface area (TPSA) is 38.7 Å². The summed E-state index contributed by atoms with van der Waals surface area (Å²) >= 11 is 3.23. The van der Waals surface area contributed by atoms with Crippen molar-refractivity contribution in [3.05, 3.63) is 12.5 Å². The molecule has 0 unspecified atom stereocenters. The lowest BCUT2D eigenvalue weighted by atomic mass is 10.6. The van der Waals surface area contributed by atoms with Gasteiger partial charge in [-0.25, -0.2) is 15.0 Å². The summed E-state index contributed by atoms with van der Waals surface area (Å²) in [6.45, 7) is 0. The number of rotatable bonds is 1. The van der Waals surface area contributed by atoms with Gasteiger partial charge < -0.3 is 0 Å². The third-order valence-electron chi connectivity index (χ3n) is 1.23. The number of fused-ring (bicyclic) bond motifs is 1. The van der Waals surface area contributed by atoms with E-state index in [-0.39, 0.29) is 0 Å². The average Bonchev–Trinajstić information content (AvgIpc) is 2.46. The Morgan fingerprint density at radius 3 is 3.18 bits per heavy atom. The molecular formula is C6H5N3S2. The van der Waals surface area contributed by atoms with E-state index in [9.17, 15) is 0 Å². The first-order chi connectivity index (χ1) is 5.40. The summed E-state index contributed by atoms with van der Waals surface area (Å²) in [6, 6.07) is 0. The zero-order valence-corrected chi connectivity index (χ0v) is 7.45. The molecule has 2 aromatic heterocycles. The van der Waals surface area contributed by atoms with Gasteiger partial charge in [-0.15, -0.1) is 0 Å². The molecule has 0 amide bonds. The van der Waals surface area contributed by atoms with E-state index in [1.54, 1.807) is 35.6 Å². The Morgan fingerprint density at radius 1 is 1.55 bits per heavy atom. The normalized spacial score (nSPS) is 10.6. The van der Waals surface area contributed by atoms with Crippen LogP contribution in [0.3, 0.4) is 0 Å². The van der Waals surface area contributed by atoms with Crippen molar-refractivity contribution >= 4 is 33.4 Å². The first-order valence-corrected chi connectivity index (χ1v) is 5.05. The zero-order valence-electron chi connectivity index (χ0n) is 5.81. The molecular weight excluding hydrogens is 178 g/mol. The van der Waals surface area contributed by atoms with E-state index in [1.807, 2.05) is 6.26 Å². The molecule has 0 fully saturated rings. The number of nitrogens with zero attached hydrogens (tertiary/aromatic N) is 3. The van der Waals surface area contributed by atoms with Crippen LogP contribution in [0.15, 0.2) is 16.9 Å². The molecule has 0 N–H and O–H groups in total. The highest BCUT2D eigenvalue weighted by Gasteiger charge is 2.01. The van der Waals surface area contributed by atoms with Gasteiger partial charge in [0.2, 0.25) is 0 Å². The molecule has 5 heteroatoms. The average molecular weight is 183 g/mol. The summed E-state index contributed by atoms with van der Waals surface area (Å²) in [5.74, 6) is 0. The van der Waals surface area contributed by atoms with Gasteiger partial charge in [-0.05, 0) is 6.26 Å².